The Hall–Kier alpha value is -1.09. The number of hydrogen-bond donors (Lipinski definition) is 1. The molecule has 1 rings (SSSR count). The predicted molar refractivity (Wildman–Crippen MR) is 46.1 cm³/mol. The van der Waals surface area contributed by atoms with Gasteiger partial charge in [0, 0.05) is 18.4 Å². The predicted octanol–water partition coefficient (Wildman–Crippen LogP) is 1.75. The summed E-state index contributed by atoms with van der Waals surface area (Å²) in [5.41, 5.74) is 1.59. The van der Waals surface area contributed by atoms with E-state index >= 15 is 0 Å². The number of hydrogen-bond acceptors (Lipinski definition) is 2. The van der Waals surface area contributed by atoms with Crippen LogP contribution in [0.15, 0.2) is 12.3 Å². The Morgan fingerprint density at radius 2 is 2.42 bits per heavy atom. The van der Waals surface area contributed by atoms with Gasteiger partial charge in [-0.05, 0) is 19.9 Å². The number of carbonyl (C=O) groups excluding carboxylic acids is 1. The number of Topliss-reactive ketones (excluding diaryl/α,β-unsaturated/α-hetero) is 1. The summed E-state index contributed by atoms with van der Waals surface area (Å²) in [4.78, 5) is 14.0. The van der Waals surface area contributed by atoms with Gasteiger partial charge in [0.25, 0.3) is 0 Å². The smallest absolute Gasteiger partial charge is 0.161 e. The molecular weight excluding hydrogens is 154 g/mol. The van der Waals surface area contributed by atoms with E-state index in [9.17, 15) is 4.79 Å². The van der Waals surface area contributed by atoms with Crippen molar-refractivity contribution in [1.82, 2.24) is 4.98 Å². The third-order valence-electron chi connectivity index (χ3n) is 1.66. The number of rotatable bonds is 4. The molecule has 0 aliphatic heterocycles. The van der Waals surface area contributed by atoms with Crippen molar-refractivity contribution >= 4 is 5.78 Å². The van der Waals surface area contributed by atoms with Crippen LogP contribution in [0.2, 0.25) is 0 Å². The third kappa shape index (κ3) is 1.95. The second kappa shape index (κ2) is 4.07. The zero-order valence-corrected chi connectivity index (χ0v) is 7.39. The molecule has 12 heavy (non-hydrogen) atoms. The molecular formula is C9H13NO2. The molecule has 0 saturated carbocycles. The van der Waals surface area contributed by atoms with Crippen LogP contribution >= 0.6 is 0 Å². The Balaban J connectivity index is 2.70. The number of ether oxygens (including phenoxy) is 1. The first-order valence-corrected chi connectivity index (χ1v) is 4.00. The zero-order chi connectivity index (χ0) is 8.97. The quantitative estimate of drug-likeness (QED) is 0.694. The van der Waals surface area contributed by atoms with Crippen molar-refractivity contribution in [2.45, 2.75) is 20.5 Å². The second-order valence-electron chi connectivity index (χ2n) is 2.56. The molecule has 0 spiro atoms. The van der Waals surface area contributed by atoms with Crippen molar-refractivity contribution in [3.63, 3.8) is 0 Å². The number of nitrogens with one attached hydrogen (secondary N) is 1. The van der Waals surface area contributed by atoms with Crippen LogP contribution in [0, 0.1) is 0 Å². The topological polar surface area (TPSA) is 42.1 Å². The van der Waals surface area contributed by atoms with Crippen LogP contribution in [0.3, 0.4) is 0 Å². The Morgan fingerprint density at radius 3 is 3.00 bits per heavy atom. The largest absolute Gasteiger partial charge is 0.376 e. The standard InChI is InChI=1S/C9H13NO2/c1-3-12-6-9-8(7(2)11)4-5-10-9/h4-5,10H,3,6H2,1-2H3. The minimum atomic E-state index is 0.0750. The molecule has 0 aliphatic rings. The van der Waals surface area contributed by atoms with E-state index in [1.54, 1.807) is 19.2 Å². The van der Waals surface area contributed by atoms with E-state index in [2.05, 4.69) is 4.98 Å². The summed E-state index contributed by atoms with van der Waals surface area (Å²) in [6, 6.07) is 1.77. The highest BCUT2D eigenvalue weighted by atomic mass is 16.5. The van der Waals surface area contributed by atoms with Crippen LogP contribution in [0.5, 0.6) is 0 Å². The summed E-state index contributed by atoms with van der Waals surface area (Å²) >= 11 is 0. The fraction of sp³-hybridized carbons (Fsp3) is 0.444. The van der Waals surface area contributed by atoms with Gasteiger partial charge in [-0.3, -0.25) is 4.79 Å². The van der Waals surface area contributed by atoms with Gasteiger partial charge >= 0.3 is 0 Å². The maximum Gasteiger partial charge on any atom is 0.161 e. The molecule has 1 heterocycles. The van der Waals surface area contributed by atoms with Gasteiger partial charge in [-0.25, -0.2) is 0 Å². The van der Waals surface area contributed by atoms with Crippen LogP contribution in [-0.4, -0.2) is 17.4 Å². The molecule has 0 bridgehead atoms. The van der Waals surface area contributed by atoms with Crippen LogP contribution in [0.4, 0.5) is 0 Å². The van der Waals surface area contributed by atoms with E-state index in [4.69, 9.17) is 4.74 Å². The van der Waals surface area contributed by atoms with E-state index < -0.39 is 0 Å². The Kier molecular flexibility index (Phi) is 3.05. The molecule has 3 heteroatoms. The number of H-pyrrole nitrogens is 1. The number of carbonyl (C=O) groups is 1. The Labute approximate surface area is 71.7 Å². The van der Waals surface area contributed by atoms with Gasteiger partial charge in [0.2, 0.25) is 0 Å². The first-order valence-electron chi connectivity index (χ1n) is 4.00. The molecule has 0 fully saturated rings. The van der Waals surface area contributed by atoms with Gasteiger partial charge in [0.15, 0.2) is 5.78 Å². The highest BCUT2D eigenvalue weighted by molar-refractivity contribution is 5.95. The highest BCUT2D eigenvalue weighted by Gasteiger charge is 2.06. The first kappa shape index (κ1) is 9.00. The fourth-order valence-electron chi connectivity index (χ4n) is 1.06. The van der Waals surface area contributed by atoms with Crippen molar-refractivity contribution in [3.8, 4) is 0 Å². The minimum absolute atomic E-state index is 0.0750. The van der Waals surface area contributed by atoms with Gasteiger partial charge in [-0.2, -0.15) is 0 Å². The highest BCUT2D eigenvalue weighted by Crippen LogP contribution is 2.08. The van der Waals surface area contributed by atoms with E-state index in [1.807, 2.05) is 6.92 Å². The molecule has 1 aromatic heterocycles. The van der Waals surface area contributed by atoms with Crippen LogP contribution in [0.1, 0.15) is 29.9 Å². The van der Waals surface area contributed by atoms with Crippen molar-refractivity contribution in [2.24, 2.45) is 0 Å². The minimum Gasteiger partial charge on any atom is -0.376 e. The normalized spacial score (nSPS) is 10.2. The van der Waals surface area contributed by atoms with Crippen molar-refractivity contribution in [1.29, 1.82) is 0 Å². The number of aromatic amines is 1. The number of aromatic nitrogens is 1. The van der Waals surface area contributed by atoms with E-state index in [0.717, 1.165) is 11.3 Å². The average Bonchev–Trinajstić information content (AvgIpc) is 2.48. The lowest BCUT2D eigenvalue weighted by Gasteiger charge is -2.00. The lowest BCUT2D eigenvalue weighted by Crippen LogP contribution is -1.99. The SMILES string of the molecule is CCOCc1[nH]ccc1C(C)=O. The van der Waals surface area contributed by atoms with Gasteiger partial charge < -0.3 is 9.72 Å². The molecule has 3 nitrogen and oxygen atoms in total. The summed E-state index contributed by atoms with van der Waals surface area (Å²) in [7, 11) is 0. The molecule has 0 aromatic carbocycles. The summed E-state index contributed by atoms with van der Waals surface area (Å²) in [6.07, 6.45) is 1.76. The summed E-state index contributed by atoms with van der Waals surface area (Å²) < 4.78 is 5.19. The van der Waals surface area contributed by atoms with Crippen LogP contribution < -0.4 is 0 Å². The molecule has 0 aliphatic carbocycles. The van der Waals surface area contributed by atoms with Crippen molar-refractivity contribution in [3.05, 3.63) is 23.5 Å². The average molecular weight is 167 g/mol. The van der Waals surface area contributed by atoms with Crippen molar-refractivity contribution < 1.29 is 9.53 Å². The van der Waals surface area contributed by atoms with Gasteiger partial charge in [-0.15, -0.1) is 0 Å². The van der Waals surface area contributed by atoms with E-state index in [0.29, 0.717) is 13.2 Å². The van der Waals surface area contributed by atoms with Gasteiger partial charge in [0.05, 0.1) is 12.3 Å². The third-order valence-corrected chi connectivity index (χ3v) is 1.66. The van der Waals surface area contributed by atoms with Gasteiger partial charge in [0.1, 0.15) is 0 Å². The summed E-state index contributed by atoms with van der Waals surface area (Å²) in [6.45, 7) is 4.63. The first-order chi connectivity index (χ1) is 5.75. The Morgan fingerprint density at radius 1 is 1.67 bits per heavy atom. The lowest BCUT2D eigenvalue weighted by molar-refractivity contribution is 0.100. The van der Waals surface area contributed by atoms with Crippen molar-refractivity contribution in [2.75, 3.05) is 6.61 Å². The molecule has 0 atom stereocenters. The molecule has 1 aromatic rings. The maximum absolute atomic E-state index is 11.0. The monoisotopic (exact) mass is 167 g/mol. The summed E-state index contributed by atoms with van der Waals surface area (Å²) in [5.74, 6) is 0.0750. The number of ketones is 1. The molecule has 0 unspecified atom stereocenters. The molecule has 66 valence electrons. The Bertz CT molecular complexity index is 265. The lowest BCUT2D eigenvalue weighted by atomic mass is 10.2. The molecule has 0 saturated heterocycles. The van der Waals surface area contributed by atoms with E-state index in [1.165, 1.54) is 0 Å². The maximum atomic E-state index is 11.0. The molecule has 0 amide bonds. The van der Waals surface area contributed by atoms with E-state index in [-0.39, 0.29) is 5.78 Å². The van der Waals surface area contributed by atoms with Crippen LogP contribution in [0.25, 0.3) is 0 Å². The van der Waals surface area contributed by atoms with Crippen LogP contribution in [-0.2, 0) is 11.3 Å². The fourth-order valence-corrected chi connectivity index (χ4v) is 1.06. The summed E-state index contributed by atoms with van der Waals surface area (Å²) in [5, 5.41) is 0. The molecule has 1 N–H and O–H groups in total. The zero-order valence-electron chi connectivity index (χ0n) is 7.39. The molecule has 0 radical (unpaired) electrons. The second-order valence-corrected chi connectivity index (χ2v) is 2.56. The van der Waals surface area contributed by atoms with Gasteiger partial charge in [-0.1, -0.05) is 0 Å².